The molecule has 0 bridgehead atoms. The molecule has 12 heteroatoms. The van der Waals surface area contributed by atoms with Gasteiger partial charge in [-0.05, 0) is 31.9 Å². The van der Waals surface area contributed by atoms with E-state index in [1.165, 1.54) is 16.8 Å². The Bertz CT molecular complexity index is 991. The van der Waals surface area contributed by atoms with Gasteiger partial charge in [0.2, 0.25) is 10.0 Å². The standard InChI is InChI=1S/C18H26N4O2S.C2HF3O2/c1-3-25(23,24)20-11-9-18-14-21(13-17-8-10-19-22(17)18)12-16-6-4-15(2)5-7-16;3-2(4,5)1(6)7/h4-8,10,18,20H,3,9,11-14H2,1-2H3;(H,6,7). The van der Waals surface area contributed by atoms with Crippen LogP contribution < -0.4 is 4.72 Å². The van der Waals surface area contributed by atoms with E-state index in [2.05, 4.69) is 45.9 Å². The lowest BCUT2D eigenvalue weighted by Crippen LogP contribution is -2.39. The van der Waals surface area contributed by atoms with Gasteiger partial charge < -0.3 is 5.11 Å². The van der Waals surface area contributed by atoms with Crippen LogP contribution in [-0.2, 0) is 27.9 Å². The predicted molar refractivity (Wildman–Crippen MR) is 112 cm³/mol. The average Bonchev–Trinajstić information content (AvgIpc) is 3.18. The van der Waals surface area contributed by atoms with Crippen molar-refractivity contribution in [3.8, 4) is 0 Å². The summed E-state index contributed by atoms with van der Waals surface area (Å²) in [5, 5.41) is 11.6. The number of hydrogen-bond donors (Lipinski definition) is 2. The highest BCUT2D eigenvalue weighted by molar-refractivity contribution is 7.89. The number of rotatable bonds is 7. The lowest BCUT2D eigenvalue weighted by Gasteiger charge is -2.34. The topological polar surface area (TPSA) is 105 Å². The van der Waals surface area contributed by atoms with Crippen LogP contribution in [0.2, 0.25) is 0 Å². The van der Waals surface area contributed by atoms with E-state index in [1.807, 2.05) is 16.9 Å². The van der Waals surface area contributed by atoms with Crippen LogP contribution in [0.15, 0.2) is 36.5 Å². The summed E-state index contributed by atoms with van der Waals surface area (Å²) < 4.78 is 59.7. The van der Waals surface area contributed by atoms with Crippen molar-refractivity contribution in [3.05, 3.63) is 53.3 Å². The first-order valence-corrected chi connectivity index (χ1v) is 11.6. The van der Waals surface area contributed by atoms with Crippen molar-refractivity contribution in [3.63, 3.8) is 0 Å². The number of hydrogen-bond acceptors (Lipinski definition) is 5. The molecule has 1 aromatic carbocycles. The van der Waals surface area contributed by atoms with Crippen LogP contribution in [-0.4, -0.2) is 59.2 Å². The molecule has 2 aromatic rings. The molecule has 1 unspecified atom stereocenters. The van der Waals surface area contributed by atoms with Crippen LogP contribution in [0.25, 0.3) is 0 Å². The summed E-state index contributed by atoms with van der Waals surface area (Å²) in [7, 11) is -3.14. The lowest BCUT2D eigenvalue weighted by molar-refractivity contribution is -0.192. The fourth-order valence-corrected chi connectivity index (χ4v) is 3.87. The minimum Gasteiger partial charge on any atom is -0.475 e. The van der Waals surface area contributed by atoms with Gasteiger partial charge in [-0.3, -0.25) is 9.58 Å². The Hall–Kier alpha value is -2.44. The van der Waals surface area contributed by atoms with E-state index in [9.17, 15) is 21.6 Å². The maximum atomic E-state index is 11.6. The molecular weight excluding hydrogens is 449 g/mol. The average molecular weight is 477 g/mol. The number of halogens is 3. The SMILES string of the molecule is CCS(=O)(=O)NCCC1CN(Cc2ccc(C)cc2)Cc2ccnn21.O=C(O)C(F)(F)F. The number of nitrogens with zero attached hydrogens (tertiary/aromatic N) is 3. The number of nitrogens with one attached hydrogen (secondary N) is 1. The van der Waals surface area contributed by atoms with Crippen LogP contribution in [0, 0.1) is 6.92 Å². The molecule has 0 amide bonds. The Balaban J connectivity index is 0.000000451. The molecule has 8 nitrogen and oxygen atoms in total. The second-order valence-electron chi connectivity index (χ2n) is 7.47. The fourth-order valence-electron chi connectivity index (χ4n) is 3.23. The first kappa shape index (κ1) is 25.8. The Morgan fingerprint density at radius 3 is 2.44 bits per heavy atom. The quantitative estimate of drug-likeness (QED) is 0.637. The zero-order chi connectivity index (χ0) is 23.9. The Morgan fingerprint density at radius 1 is 1.25 bits per heavy atom. The molecule has 2 N–H and O–H groups in total. The minimum atomic E-state index is -5.08. The molecule has 0 aliphatic carbocycles. The highest BCUT2D eigenvalue weighted by atomic mass is 32.2. The van der Waals surface area contributed by atoms with E-state index in [0.717, 1.165) is 26.1 Å². The van der Waals surface area contributed by atoms with Crippen LogP contribution in [0.5, 0.6) is 0 Å². The summed E-state index contributed by atoms with van der Waals surface area (Å²) in [6.07, 6.45) is -2.52. The summed E-state index contributed by atoms with van der Waals surface area (Å²) in [6, 6.07) is 10.9. The number of benzene rings is 1. The molecule has 178 valence electrons. The molecule has 0 saturated heterocycles. The molecule has 0 spiro atoms. The maximum absolute atomic E-state index is 11.6. The van der Waals surface area contributed by atoms with Crippen molar-refractivity contribution in [1.82, 2.24) is 19.4 Å². The molecule has 1 aliphatic heterocycles. The number of aromatic nitrogens is 2. The van der Waals surface area contributed by atoms with E-state index >= 15 is 0 Å². The zero-order valence-electron chi connectivity index (χ0n) is 17.8. The molecule has 3 rings (SSSR count). The van der Waals surface area contributed by atoms with Gasteiger partial charge in [0.25, 0.3) is 0 Å². The normalized spacial score (nSPS) is 16.7. The van der Waals surface area contributed by atoms with Crippen molar-refractivity contribution >= 4 is 16.0 Å². The molecule has 0 radical (unpaired) electrons. The van der Waals surface area contributed by atoms with Gasteiger partial charge in [-0.15, -0.1) is 0 Å². The van der Waals surface area contributed by atoms with Gasteiger partial charge in [0.1, 0.15) is 0 Å². The number of fused-ring (bicyclic) bond motifs is 1. The van der Waals surface area contributed by atoms with Crippen LogP contribution in [0.1, 0.15) is 36.2 Å². The molecule has 1 atom stereocenters. The minimum absolute atomic E-state index is 0.115. The molecule has 32 heavy (non-hydrogen) atoms. The number of sulfonamides is 1. The molecule has 1 aromatic heterocycles. The van der Waals surface area contributed by atoms with E-state index in [-0.39, 0.29) is 11.8 Å². The van der Waals surface area contributed by atoms with Crippen molar-refractivity contribution in [2.45, 2.75) is 45.6 Å². The van der Waals surface area contributed by atoms with E-state index in [4.69, 9.17) is 9.90 Å². The second kappa shape index (κ2) is 10.9. The number of aryl methyl sites for hydroxylation is 1. The van der Waals surface area contributed by atoms with Gasteiger partial charge >= 0.3 is 12.1 Å². The molecule has 0 saturated carbocycles. The number of alkyl halides is 3. The smallest absolute Gasteiger partial charge is 0.475 e. The van der Waals surface area contributed by atoms with Crippen LogP contribution in [0.3, 0.4) is 0 Å². The van der Waals surface area contributed by atoms with Crippen molar-refractivity contribution in [2.24, 2.45) is 0 Å². The zero-order valence-corrected chi connectivity index (χ0v) is 18.7. The fraction of sp³-hybridized carbons (Fsp3) is 0.500. The molecular formula is C20H27F3N4O4S. The summed E-state index contributed by atoms with van der Waals surface area (Å²) in [6.45, 7) is 6.82. The highest BCUT2D eigenvalue weighted by Gasteiger charge is 2.38. The van der Waals surface area contributed by atoms with Gasteiger partial charge in [-0.1, -0.05) is 29.8 Å². The Kier molecular flexibility index (Phi) is 8.81. The third-order valence-corrected chi connectivity index (χ3v) is 6.31. The molecule has 2 heterocycles. The summed E-state index contributed by atoms with van der Waals surface area (Å²) in [5.41, 5.74) is 3.74. The Morgan fingerprint density at radius 2 is 1.88 bits per heavy atom. The Labute approximate surface area is 185 Å². The third kappa shape index (κ3) is 7.92. The van der Waals surface area contributed by atoms with Crippen molar-refractivity contribution < 1.29 is 31.5 Å². The lowest BCUT2D eigenvalue weighted by atomic mass is 10.1. The van der Waals surface area contributed by atoms with Crippen LogP contribution >= 0.6 is 0 Å². The van der Waals surface area contributed by atoms with Crippen molar-refractivity contribution in [2.75, 3.05) is 18.8 Å². The van der Waals surface area contributed by atoms with Crippen LogP contribution in [0.4, 0.5) is 13.2 Å². The highest BCUT2D eigenvalue weighted by Crippen LogP contribution is 2.24. The first-order chi connectivity index (χ1) is 14.9. The van der Waals surface area contributed by atoms with Gasteiger partial charge in [-0.2, -0.15) is 18.3 Å². The van der Waals surface area contributed by atoms with Crippen molar-refractivity contribution in [1.29, 1.82) is 0 Å². The van der Waals surface area contributed by atoms with E-state index < -0.39 is 22.2 Å². The third-order valence-electron chi connectivity index (χ3n) is 4.90. The number of aliphatic carboxylic acids is 1. The largest absolute Gasteiger partial charge is 0.490 e. The summed E-state index contributed by atoms with van der Waals surface area (Å²) >= 11 is 0. The maximum Gasteiger partial charge on any atom is 0.490 e. The summed E-state index contributed by atoms with van der Waals surface area (Å²) in [5.74, 6) is -2.64. The monoisotopic (exact) mass is 476 g/mol. The predicted octanol–water partition coefficient (Wildman–Crippen LogP) is 2.71. The summed E-state index contributed by atoms with van der Waals surface area (Å²) in [4.78, 5) is 11.3. The number of carboxylic acids is 1. The molecule has 0 fully saturated rings. The number of carbonyl (C=O) groups is 1. The van der Waals surface area contributed by atoms with E-state index in [0.29, 0.717) is 6.54 Å². The molecule has 1 aliphatic rings. The second-order valence-corrected chi connectivity index (χ2v) is 9.56. The number of carboxylic acid groups (broad SMARTS) is 1. The van der Waals surface area contributed by atoms with Gasteiger partial charge in [-0.25, -0.2) is 17.9 Å². The van der Waals surface area contributed by atoms with Gasteiger partial charge in [0.15, 0.2) is 0 Å². The van der Waals surface area contributed by atoms with E-state index in [1.54, 1.807) is 6.92 Å². The van der Waals surface area contributed by atoms with Gasteiger partial charge in [0, 0.05) is 32.4 Å². The van der Waals surface area contributed by atoms with Gasteiger partial charge in [0.05, 0.1) is 17.5 Å². The first-order valence-electron chi connectivity index (χ1n) is 9.99.